The first-order chi connectivity index (χ1) is 11.3. The summed E-state index contributed by atoms with van der Waals surface area (Å²) in [4.78, 5) is 5.14. The second-order valence-corrected chi connectivity index (χ2v) is 6.92. The first kappa shape index (κ1) is 16.7. The maximum atomic E-state index is 9.42. The zero-order valence-electron chi connectivity index (χ0n) is 14.3. The fourth-order valence-corrected chi connectivity index (χ4v) is 3.51. The molecule has 3 rings (SSSR count). The minimum atomic E-state index is 0.279. The molecule has 0 bridgehead atoms. The second kappa shape index (κ2) is 8.13. The Morgan fingerprint density at radius 1 is 1.17 bits per heavy atom. The molecule has 1 aromatic carbocycles. The number of rotatable bonds is 8. The molecule has 4 heteroatoms. The van der Waals surface area contributed by atoms with Crippen LogP contribution in [0, 0.1) is 5.92 Å². The number of benzene rings is 1. The summed E-state index contributed by atoms with van der Waals surface area (Å²) >= 11 is 0. The van der Waals surface area contributed by atoms with Crippen molar-refractivity contribution in [2.24, 2.45) is 5.92 Å². The Kier molecular flexibility index (Phi) is 5.92. The molecule has 1 aromatic rings. The highest BCUT2D eigenvalue weighted by atomic mass is 16.5. The largest absolute Gasteiger partial charge is 0.494 e. The topological polar surface area (TPSA) is 35.9 Å². The lowest BCUT2D eigenvalue weighted by Crippen LogP contribution is -2.53. The summed E-state index contributed by atoms with van der Waals surface area (Å²) in [6, 6.07) is 8.92. The predicted octanol–water partition coefficient (Wildman–Crippen LogP) is 2.36. The third-order valence-electron chi connectivity index (χ3n) is 4.98. The van der Waals surface area contributed by atoms with E-state index in [1.807, 2.05) is 6.92 Å². The maximum Gasteiger partial charge on any atom is 0.119 e. The van der Waals surface area contributed by atoms with E-state index in [-0.39, 0.29) is 6.61 Å². The van der Waals surface area contributed by atoms with Gasteiger partial charge in [0.2, 0.25) is 0 Å². The van der Waals surface area contributed by atoms with Crippen molar-refractivity contribution in [1.82, 2.24) is 9.80 Å². The van der Waals surface area contributed by atoms with Gasteiger partial charge in [-0.15, -0.1) is 0 Å². The molecule has 4 nitrogen and oxygen atoms in total. The van der Waals surface area contributed by atoms with Crippen LogP contribution in [0.15, 0.2) is 24.3 Å². The second-order valence-electron chi connectivity index (χ2n) is 6.92. The summed E-state index contributed by atoms with van der Waals surface area (Å²) in [5, 5.41) is 9.42. The molecule has 1 N–H and O–H groups in total. The molecule has 1 aliphatic heterocycles. The van der Waals surface area contributed by atoms with E-state index in [0.29, 0.717) is 12.6 Å². The van der Waals surface area contributed by atoms with Crippen LogP contribution < -0.4 is 4.74 Å². The van der Waals surface area contributed by atoms with Crippen molar-refractivity contribution in [3.05, 3.63) is 29.8 Å². The minimum absolute atomic E-state index is 0.279. The van der Waals surface area contributed by atoms with Crippen molar-refractivity contribution in [1.29, 1.82) is 0 Å². The van der Waals surface area contributed by atoms with Crippen molar-refractivity contribution in [3.63, 3.8) is 0 Å². The van der Waals surface area contributed by atoms with Crippen LogP contribution in [0.25, 0.3) is 0 Å². The van der Waals surface area contributed by atoms with Gasteiger partial charge in [0.1, 0.15) is 5.75 Å². The normalized spacial score (nSPS) is 23.1. The van der Waals surface area contributed by atoms with Crippen LogP contribution in [-0.2, 0) is 6.54 Å². The average Bonchev–Trinajstić information content (AvgIpc) is 3.36. The quantitative estimate of drug-likeness (QED) is 0.798. The zero-order valence-corrected chi connectivity index (χ0v) is 14.3. The van der Waals surface area contributed by atoms with Crippen LogP contribution in [0.4, 0.5) is 0 Å². The fraction of sp³-hybridized carbons (Fsp3) is 0.684. The van der Waals surface area contributed by atoms with E-state index in [0.717, 1.165) is 44.3 Å². The zero-order chi connectivity index (χ0) is 16.1. The molecule has 1 atom stereocenters. The highest BCUT2D eigenvalue weighted by Crippen LogP contribution is 2.30. The summed E-state index contributed by atoms with van der Waals surface area (Å²) < 4.78 is 5.51. The summed E-state index contributed by atoms with van der Waals surface area (Å²) in [5.74, 6) is 1.89. The van der Waals surface area contributed by atoms with Gasteiger partial charge in [0, 0.05) is 45.4 Å². The number of aliphatic hydroxyl groups excluding tert-OH is 1. The number of aliphatic hydroxyl groups is 1. The van der Waals surface area contributed by atoms with Gasteiger partial charge in [-0.25, -0.2) is 0 Å². The van der Waals surface area contributed by atoms with Gasteiger partial charge in [0.05, 0.1) is 6.61 Å². The lowest BCUT2D eigenvalue weighted by Gasteiger charge is -2.41. The highest BCUT2D eigenvalue weighted by molar-refractivity contribution is 5.27. The van der Waals surface area contributed by atoms with E-state index in [2.05, 4.69) is 34.1 Å². The predicted molar refractivity (Wildman–Crippen MR) is 92.7 cm³/mol. The van der Waals surface area contributed by atoms with E-state index in [1.165, 1.54) is 24.9 Å². The van der Waals surface area contributed by atoms with Gasteiger partial charge in [-0.3, -0.25) is 4.90 Å². The smallest absolute Gasteiger partial charge is 0.119 e. The van der Waals surface area contributed by atoms with Gasteiger partial charge in [-0.2, -0.15) is 0 Å². The van der Waals surface area contributed by atoms with Crippen molar-refractivity contribution in [2.75, 3.05) is 39.4 Å². The molecule has 0 unspecified atom stereocenters. The molecular formula is C19H30N2O2. The molecular weight excluding hydrogens is 288 g/mol. The van der Waals surface area contributed by atoms with E-state index in [9.17, 15) is 5.11 Å². The number of piperazine rings is 1. The number of ether oxygens (including phenoxy) is 1. The first-order valence-corrected chi connectivity index (χ1v) is 9.07. The lowest BCUT2D eigenvalue weighted by atomic mass is 10.1. The molecule has 1 saturated carbocycles. The highest BCUT2D eigenvalue weighted by Gasteiger charge is 2.30. The molecule has 0 aromatic heterocycles. The maximum absolute atomic E-state index is 9.42. The Balaban J connectivity index is 1.56. The molecule has 23 heavy (non-hydrogen) atoms. The van der Waals surface area contributed by atoms with Gasteiger partial charge in [-0.05, 0) is 49.8 Å². The summed E-state index contributed by atoms with van der Waals surface area (Å²) in [6.07, 6.45) is 3.70. The summed E-state index contributed by atoms with van der Waals surface area (Å²) in [7, 11) is 0. The van der Waals surface area contributed by atoms with Gasteiger partial charge >= 0.3 is 0 Å². The molecule has 1 heterocycles. The monoisotopic (exact) mass is 318 g/mol. The molecule has 2 aliphatic rings. The average molecular weight is 318 g/mol. The van der Waals surface area contributed by atoms with Crippen LogP contribution in [0.2, 0.25) is 0 Å². The standard InChI is InChI=1S/C19H30N2O2/c1-2-23-19-7-5-17(6-8-19)14-21-11-10-20(13-16-3-4-16)15-18(21)9-12-22/h5-8,16,18,22H,2-4,9-15H2,1H3/t18-/m0/s1. The number of nitrogens with zero attached hydrogens (tertiary/aromatic N) is 2. The van der Waals surface area contributed by atoms with Crippen LogP contribution >= 0.6 is 0 Å². The minimum Gasteiger partial charge on any atom is -0.494 e. The number of hydrogen-bond donors (Lipinski definition) is 1. The Bertz CT molecular complexity index is 473. The van der Waals surface area contributed by atoms with Gasteiger partial charge in [-0.1, -0.05) is 12.1 Å². The molecule has 128 valence electrons. The molecule has 1 saturated heterocycles. The third-order valence-corrected chi connectivity index (χ3v) is 4.98. The van der Waals surface area contributed by atoms with Crippen LogP contribution in [-0.4, -0.2) is 60.3 Å². The summed E-state index contributed by atoms with van der Waals surface area (Å²) in [5.41, 5.74) is 1.33. The van der Waals surface area contributed by atoms with Gasteiger partial charge in [0.15, 0.2) is 0 Å². The van der Waals surface area contributed by atoms with E-state index >= 15 is 0 Å². The van der Waals surface area contributed by atoms with Crippen molar-refractivity contribution < 1.29 is 9.84 Å². The van der Waals surface area contributed by atoms with E-state index in [1.54, 1.807) is 0 Å². The lowest BCUT2D eigenvalue weighted by molar-refractivity contribution is 0.0515. The molecule has 2 fully saturated rings. The van der Waals surface area contributed by atoms with Gasteiger partial charge < -0.3 is 14.7 Å². The van der Waals surface area contributed by atoms with E-state index in [4.69, 9.17) is 4.74 Å². The third kappa shape index (κ3) is 4.93. The molecule has 0 radical (unpaired) electrons. The fourth-order valence-electron chi connectivity index (χ4n) is 3.51. The summed E-state index contributed by atoms with van der Waals surface area (Å²) in [6.45, 7) is 8.60. The van der Waals surface area contributed by atoms with Gasteiger partial charge in [0.25, 0.3) is 0 Å². The molecule has 0 amide bonds. The van der Waals surface area contributed by atoms with Crippen LogP contribution in [0.5, 0.6) is 5.75 Å². The van der Waals surface area contributed by atoms with Crippen molar-refractivity contribution >= 4 is 0 Å². The van der Waals surface area contributed by atoms with E-state index < -0.39 is 0 Å². The van der Waals surface area contributed by atoms with Crippen molar-refractivity contribution in [2.45, 2.75) is 38.8 Å². The Morgan fingerprint density at radius 3 is 2.61 bits per heavy atom. The SMILES string of the molecule is CCOc1ccc(CN2CCN(CC3CC3)C[C@@H]2CCO)cc1. The first-order valence-electron chi connectivity index (χ1n) is 9.07. The molecule has 1 aliphatic carbocycles. The Hall–Kier alpha value is -1.10. The van der Waals surface area contributed by atoms with Crippen LogP contribution in [0.1, 0.15) is 31.7 Å². The molecule has 0 spiro atoms. The van der Waals surface area contributed by atoms with Crippen LogP contribution in [0.3, 0.4) is 0 Å². The Labute approximate surface area is 140 Å². The van der Waals surface area contributed by atoms with Crippen molar-refractivity contribution in [3.8, 4) is 5.75 Å². The number of hydrogen-bond acceptors (Lipinski definition) is 4. The Morgan fingerprint density at radius 2 is 1.96 bits per heavy atom.